The standard InChI is InChI=1S/C17H19Cl2NO2/c18-15-6-5-14(11-16(15)19)22-13-7-9-20(10-8-13)17(21)12-3-1-2-4-12/h1-2,5-6,11-13H,3-4,7-10H2. The van der Waals surface area contributed by atoms with Gasteiger partial charge in [-0.3, -0.25) is 4.79 Å². The largest absolute Gasteiger partial charge is 0.490 e. The summed E-state index contributed by atoms with van der Waals surface area (Å²) in [4.78, 5) is 14.3. The summed E-state index contributed by atoms with van der Waals surface area (Å²) < 4.78 is 5.95. The summed E-state index contributed by atoms with van der Waals surface area (Å²) in [6.45, 7) is 1.53. The van der Waals surface area contributed by atoms with Crippen molar-refractivity contribution < 1.29 is 9.53 Å². The van der Waals surface area contributed by atoms with Crippen LogP contribution in [-0.2, 0) is 4.79 Å². The first kappa shape index (κ1) is 15.7. The third-order valence-electron chi connectivity index (χ3n) is 4.30. The van der Waals surface area contributed by atoms with Crippen molar-refractivity contribution in [1.29, 1.82) is 0 Å². The Balaban J connectivity index is 1.51. The molecule has 1 fully saturated rings. The zero-order valence-electron chi connectivity index (χ0n) is 12.3. The van der Waals surface area contributed by atoms with E-state index in [1.165, 1.54) is 0 Å². The van der Waals surface area contributed by atoms with Crippen LogP contribution < -0.4 is 4.74 Å². The van der Waals surface area contributed by atoms with E-state index in [0.29, 0.717) is 10.0 Å². The number of allylic oxidation sites excluding steroid dienone is 2. The molecule has 3 nitrogen and oxygen atoms in total. The van der Waals surface area contributed by atoms with E-state index < -0.39 is 0 Å². The summed E-state index contributed by atoms with van der Waals surface area (Å²) in [7, 11) is 0. The maximum atomic E-state index is 12.4. The summed E-state index contributed by atoms with van der Waals surface area (Å²) in [5, 5.41) is 1.03. The number of benzene rings is 1. The lowest BCUT2D eigenvalue weighted by Crippen LogP contribution is -2.44. The summed E-state index contributed by atoms with van der Waals surface area (Å²) in [6, 6.07) is 5.31. The predicted octanol–water partition coefficient (Wildman–Crippen LogP) is 4.33. The fraction of sp³-hybridized carbons (Fsp3) is 0.471. The van der Waals surface area contributed by atoms with Crippen LogP contribution in [0.25, 0.3) is 0 Å². The van der Waals surface area contributed by atoms with Gasteiger partial charge in [-0.1, -0.05) is 35.4 Å². The molecule has 0 radical (unpaired) electrons. The number of rotatable bonds is 3. The van der Waals surface area contributed by atoms with Gasteiger partial charge in [0.1, 0.15) is 11.9 Å². The van der Waals surface area contributed by atoms with Crippen molar-refractivity contribution >= 4 is 29.1 Å². The number of likely N-dealkylation sites (tertiary alicyclic amines) is 1. The van der Waals surface area contributed by atoms with Gasteiger partial charge in [-0.2, -0.15) is 0 Å². The molecule has 0 unspecified atom stereocenters. The van der Waals surface area contributed by atoms with E-state index in [1.807, 2.05) is 11.0 Å². The summed E-state index contributed by atoms with van der Waals surface area (Å²) >= 11 is 11.9. The maximum Gasteiger partial charge on any atom is 0.226 e. The summed E-state index contributed by atoms with van der Waals surface area (Å²) in [5.41, 5.74) is 0. The Morgan fingerprint density at radius 1 is 1.09 bits per heavy atom. The van der Waals surface area contributed by atoms with Crippen molar-refractivity contribution in [3.05, 3.63) is 40.4 Å². The molecule has 22 heavy (non-hydrogen) atoms. The second kappa shape index (κ2) is 6.93. The first-order valence-electron chi connectivity index (χ1n) is 7.69. The van der Waals surface area contributed by atoms with Crippen LogP contribution in [0.5, 0.6) is 5.75 Å². The molecule has 0 spiro atoms. The monoisotopic (exact) mass is 339 g/mol. The Kier molecular flexibility index (Phi) is 4.94. The minimum atomic E-state index is 0.128. The van der Waals surface area contributed by atoms with Crippen LogP contribution in [0.2, 0.25) is 10.0 Å². The minimum absolute atomic E-state index is 0.128. The van der Waals surface area contributed by atoms with Gasteiger partial charge in [-0.25, -0.2) is 0 Å². The Hall–Kier alpha value is -1.19. The normalized spacial score (nSPS) is 19.6. The van der Waals surface area contributed by atoms with E-state index in [-0.39, 0.29) is 17.9 Å². The number of halogens is 2. The molecule has 1 aliphatic heterocycles. The number of piperidine rings is 1. The Bertz CT molecular complexity index is 572. The molecule has 0 aromatic heterocycles. The van der Waals surface area contributed by atoms with Crippen LogP contribution in [-0.4, -0.2) is 30.0 Å². The van der Waals surface area contributed by atoms with Gasteiger partial charge in [0.15, 0.2) is 0 Å². The number of hydrogen-bond donors (Lipinski definition) is 0. The number of amides is 1. The zero-order chi connectivity index (χ0) is 15.5. The predicted molar refractivity (Wildman–Crippen MR) is 88.6 cm³/mol. The van der Waals surface area contributed by atoms with Gasteiger partial charge >= 0.3 is 0 Å². The average Bonchev–Trinajstić information content (AvgIpc) is 3.05. The highest BCUT2D eigenvalue weighted by Gasteiger charge is 2.29. The molecule has 1 amide bonds. The number of nitrogens with zero attached hydrogens (tertiary/aromatic N) is 1. The van der Waals surface area contributed by atoms with Crippen molar-refractivity contribution in [2.45, 2.75) is 31.8 Å². The molecular formula is C17H19Cl2NO2. The van der Waals surface area contributed by atoms with Crippen molar-refractivity contribution in [2.24, 2.45) is 5.92 Å². The summed E-state index contributed by atoms with van der Waals surface area (Å²) in [6.07, 6.45) is 7.81. The van der Waals surface area contributed by atoms with E-state index in [4.69, 9.17) is 27.9 Å². The summed E-state index contributed by atoms with van der Waals surface area (Å²) in [5.74, 6) is 1.18. The quantitative estimate of drug-likeness (QED) is 0.767. The molecule has 118 valence electrons. The molecule has 0 atom stereocenters. The van der Waals surface area contributed by atoms with E-state index in [2.05, 4.69) is 12.2 Å². The van der Waals surface area contributed by atoms with Crippen LogP contribution in [0.1, 0.15) is 25.7 Å². The van der Waals surface area contributed by atoms with E-state index in [9.17, 15) is 4.79 Å². The third-order valence-corrected chi connectivity index (χ3v) is 5.04. The lowest BCUT2D eigenvalue weighted by atomic mass is 10.0. The second-order valence-electron chi connectivity index (χ2n) is 5.86. The first-order valence-corrected chi connectivity index (χ1v) is 8.44. The highest BCUT2D eigenvalue weighted by atomic mass is 35.5. The highest BCUT2D eigenvalue weighted by molar-refractivity contribution is 6.42. The molecular weight excluding hydrogens is 321 g/mol. The van der Waals surface area contributed by atoms with Crippen LogP contribution in [0.3, 0.4) is 0 Å². The maximum absolute atomic E-state index is 12.4. The average molecular weight is 340 g/mol. The van der Waals surface area contributed by atoms with E-state index in [0.717, 1.165) is 44.5 Å². The van der Waals surface area contributed by atoms with Gasteiger partial charge < -0.3 is 9.64 Å². The van der Waals surface area contributed by atoms with Crippen molar-refractivity contribution in [2.75, 3.05) is 13.1 Å². The van der Waals surface area contributed by atoms with Gasteiger partial charge in [0.2, 0.25) is 5.91 Å². The van der Waals surface area contributed by atoms with Crippen molar-refractivity contribution in [3.63, 3.8) is 0 Å². The van der Waals surface area contributed by atoms with Crippen LogP contribution in [0, 0.1) is 5.92 Å². The molecule has 2 aliphatic rings. The Morgan fingerprint density at radius 3 is 2.41 bits per heavy atom. The van der Waals surface area contributed by atoms with Crippen LogP contribution >= 0.6 is 23.2 Å². The van der Waals surface area contributed by atoms with Gasteiger partial charge in [0, 0.05) is 37.9 Å². The van der Waals surface area contributed by atoms with Gasteiger partial charge in [-0.15, -0.1) is 0 Å². The highest BCUT2D eigenvalue weighted by Crippen LogP contribution is 2.29. The number of ether oxygens (including phenoxy) is 1. The van der Waals surface area contributed by atoms with Crippen molar-refractivity contribution in [3.8, 4) is 5.75 Å². The molecule has 1 aromatic rings. The van der Waals surface area contributed by atoms with Crippen molar-refractivity contribution in [1.82, 2.24) is 4.90 Å². The smallest absolute Gasteiger partial charge is 0.226 e. The SMILES string of the molecule is O=C(C1CC=CC1)N1CCC(Oc2ccc(Cl)c(Cl)c2)CC1. The lowest BCUT2D eigenvalue weighted by molar-refractivity contribution is -0.137. The second-order valence-corrected chi connectivity index (χ2v) is 6.67. The van der Waals surface area contributed by atoms with Crippen LogP contribution in [0.4, 0.5) is 0 Å². The van der Waals surface area contributed by atoms with Crippen LogP contribution in [0.15, 0.2) is 30.4 Å². The molecule has 1 aliphatic carbocycles. The molecule has 3 rings (SSSR count). The Morgan fingerprint density at radius 2 is 1.77 bits per heavy atom. The fourth-order valence-electron chi connectivity index (χ4n) is 3.01. The fourth-order valence-corrected chi connectivity index (χ4v) is 3.30. The topological polar surface area (TPSA) is 29.5 Å². The zero-order valence-corrected chi connectivity index (χ0v) is 13.8. The third kappa shape index (κ3) is 3.58. The minimum Gasteiger partial charge on any atom is -0.490 e. The number of carbonyl (C=O) groups excluding carboxylic acids is 1. The van der Waals surface area contributed by atoms with Gasteiger partial charge in [0.25, 0.3) is 0 Å². The van der Waals surface area contributed by atoms with E-state index >= 15 is 0 Å². The molecule has 1 saturated heterocycles. The Labute approximate surface area is 140 Å². The molecule has 0 N–H and O–H groups in total. The van der Waals surface area contributed by atoms with Gasteiger partial charge in [0.05, 0.1) is 10.0 Å². The van der Waals surface area contributed by atoms with E-state index in [1.54, 1.807) is 12.1 Å². The number of carbonyl (C=O) groups is 1. The molecule has 1 aromatic carbocycles. The molecule has 1 heterocycles. The molecule has 5 heteroatoms. The lowest BCUT2D eigenvalue weighted by Gasteiger charge is -2.33. The first-order chi connectivity index (χ1) is 10.6. The molecule has 0 saturated carbocycles. The van der Waals surface area contributed by atoms with Gasteiger partial charge in [-0.05, 0) is 25.0 Å². The number of hydrogen-bond acceptors (Lipinski definition) is 2. The molecule has 0 bridgehead atoms.